The van der Waals surface area contributed by atoms with Crippen LogP contribution in [-0.2, 0) is 0 Å². The lowest BCUT2D eigenvalue weighted by molar-refractivity contribution is 0.147. The summed E-state index contributed by atoms with van der Waals surface area (Å²) >= 11 is 0. The molecule has 0 unspecified atom stereocenters. The lowest BCUT2D eigenvalue weighted by Gasteiger charge is -1.95. The van der Waals surface area contributed by atoms with Gasteiger partial charge in [0.05, 0.1) is 6.10 Å². The fourth-order valence-corrected chi connectivity index (χ4v) is 0.0630. The van der Waals surface area contributed by atoms with Crippen LogP contribution in [-0.4, -0.2) is 24.4 Å². The molecule has 0 rings (SSSR count). The Kier molecular flexibility index (Phi) is 8.94. The van der Waals surface area contributed by atoms with Gasteiger partial charge >= 0.3 is 0 Å². The fourth-order valence-electron chi connectivity index (χ4n) is 0.0630. The summed E-state index contributed by atoms with van der Waals surface area (Å²) in [5, 5.41) is 8.17. The molecule has 3 N–H and O–H groups in total. The molecule has 1 atom stereocenters. The number of rotatable bonds is 2. The van der Waals surface area contributed by atoms with Gasteiger partial charge in [0.15, 0.2) is 0 Å². The summed E-state index contributed by atoms with van der Waals surface area (Å²) in [6, 6.07) is 0. The molecule has 0 fully saturated rings. The summed E-state index contributed by atoms with van der Waals surface area (Å²) in [5.74, 6) is 0. The number of alkyl halides is 1. The fraction of sp³-hybridized carbons (Fsp3) is 1.00. The Labute approximate surface area is 47.9 Å². The molecular formula is C3H9ClFNO. The van der Waals surface area contributed by atoms with Crippen LogP contribution in [0.4, 0.5) is 4.39 Å². The molecule has 0 spiro atoms. The first kappa shape index (κ1) is 10.2. The molecule has 0 aromatic heterocycles. The van der Waals surface area contributed by atoms with Crippen molar-refractivity contribution in [2.75, 3.05) is 13.2 Å². The molecule has 0 radical (unpaired) electrons. The van der Waals surface area contributed by atoms with Crippen molar-refractivity contribution in [3.8, 4) is 0 Å². The highest BCUT2D eigenvalue weighted by Gasteiger charge is 1.94. The summed E-state index contributed by atoms with van der Waals surface area (Å²) in [5.41, 5.74) is 4.79. The maximum Gasteiger partial charge on any atom is 0.117 e. The third-order valence-corrected chi connectivity index (χ3v) is 0.450. The standard InChI is InChI=1S/C3H8FNO.ClH/c4-1-3(6)2-5;/h3,6H,1-2,5H2;1H/t3-;/m1./s1. The van der Waals surface area contributed by atoms with Crippen molar-refractivity contribution in [1.29, 1.82) is 0 Å². The smallest absolute Gasteiger partial charge is 0.117 e. The summed E-state index contributed by atoms with van der Waals surface area (Å²) < 4.78 is 11.1. The van der Waals surface area contributed by atoms with Crippen LogP contribution in [0.1, 0.15) is 0 Å². The van der Waals surface area contributed by atoms with E-state index in [1.54, 1.807) is 0 Å². The lowest BCUT2D eigenvalue weighted by Crippen LogP contribution is -2.20. The van der Waals surface area contributed by atoms with Crippen LogP contribution in [0.25, 0.3) is 0 Å². The van der Waals surface area contributed by atoms with Gasteiger partial charge in [-0.25, -0.2) is 4.39 Å². The molecule has 0 aliphatic rings. The SMILES string of the molecule is Cl.NC[C@H](O)CF. The molecule has 0 aromatic carbocycles. The molecule has 46 valence electrons. The molecule has 0 saturated heterocycles. The van der Waals surface area contributed by atoms with Crippen molar-refractivity contribution in [3.05, 3.63) is 0 Å². The number of hydrogen-bond acceptors (Lipinski definition) is 2. The van der Waals surface area contributed by atoms with Crippen molar-refractivity contribution in [2.24, 2.45) is 5.73 Å². The van der Waals surface area contributed by atoms with Crippen LogP contribution < -0.4 is 5.73 Å². The Balaban J connectivity index is 0. The summed E-state index contributed by atoms with van der Waals surface area (Å²) in [6.45, 7) is -0.729. The monoisotopic (exact) mass is 129 g/mol. The second kappa shape index (κ2) is 6.14. The van der Waals surface area contributed by atoms with E-state index in [1.165, 1.54) is 0 Å². The molecule has 4 heteroatoms. The zero-order valence-corrected chi connectivity index (χ0v) is 4.62. The van der Waals surface area contributed by atoms with Crippen LogP contribution in [0.5, 0.6) is 0 Å². The topological polar surface area (TPSA) is 46.2 Å². The first-order valence-electron chi connectivity index (χ1n) is 1.75. The van der Waals surface area contributed by atoms with Crippen molar-refractivity contribution < 1.29 is 9.50 Å². The molecule has 0 aliphatic carbocycles. The van der Waals surface area contributed by atoms with Crippen molar-refractivity contribution in [3.63, 3.8) is 0 Å². The quantitative estimate of drug-likeness (QED) is 0.538. The minimum atomic E-state index is -0.954. The maximum absolute atomic E-state index is 11.1. The molecule has 0 aliphatic heterocycles. The van der Waals surface area contributed by atoms with Crippen molar-refractivity contribution in [1.82, 2.24) is 0 Å². The third kappa shape index (κ3) is 6.14. The van der Waals surface area contributed by atoms with Gasteiger partial charge in [0.25, 0.3) is 0 Å². The number of aliphatic hydroxyl groups is 1. The van der Waals surface area contributed by atoms with Crippen LogP contribution in [0.15, 0.2) is 0 Å². The molecule has 7 heavy (non-hydrogen) atoms. The van der Waals surface area contributed by atoms with Crippen LogP contribution in [0.2, 0.25) is 0 Å². The van der Waals surface area contributed by atoms with E-state index in [0.717, 1.165) is 0 Å². The molecule has 2 nitrogen and oxygen atoms in total. The van der Waals surface area contributed by atoms with E-state index in [1.807, 2.05) is 0 Å². The van der Waals surface area contributed by atoms with Gasteiger partial charge in [-0.3, -0.25) is 0 Å². The minimum Gasteiger partial charge on any atom is -0.389 e. The van der Waals surface area contributed by atoms with E-state index in [4.69, 9.17) is 10.8 Å². The lowest BCUT2D eigenvalue weighted by atomic mass is 10.4. The van der Waals surface area contributed by atoms with Gasteiger partial charge < -0.3 is 10.8 Å². The predicted molar refractivity (Wildman–Crippen MR) is 28.3 cm³/mol. The molecule has 0 aromatic rings. The largest absolute Gasteiger partial charge is 0.389 e. The van der Waals surface area contributed by atoms with Crippen LogP contribution in [0.3, 0.4) is 0 Å². The van der Waals surface area contributed by atoms with Crippen molar-refractivity contribution >= 4 is 12.4 Å². The molecule has 0 saturated carbocycles. The highest BCUT2D eigenvalue weighted by Crippen LogP contribution is 1.75. The van der Waals surface area contributed by atoms with Gasteiger partial charge in [-0.2, -0.15) is 0 Å². The normalized spacial score (nSPS) is 12.4. The second-order valence-corrected chi connectivity index (χ2v) is 1.04. The number of hydrogen-bond donors (Lipinski definition) is 2. The average molecular weight is 130 g/mol. The third-order valence-electron chi connectivity index (χ3n) is 0.450. The predicted octanol–water partition coefficient (Wildman–Crippen LogP) is -0.303. The van der Waals surface area contributed by atoms with Gasteiger partial charge in [-0.05, 0) is 0 Å². The van der Waals surface area contributed by atoms with E-state index in [0.29, 0.717) is 0 Å². The molecule has 0 amide bonds. The van der Waals surface area contributed by atoms with E-state index in [2.05, 4.69) is 0 Å². The highest BCUT2D eigenvalue weighted by molar-refractivity contribution is 5.85. The Morgan fingerprint density at radius 3 is 2.14 bits per heavy atom. The molecule has 0 heterocycles. The molecular weight excluding hydrogens is 120 g/mol. The van der Waals surface area contributed by atoms with Crippen LogP contribution in [0, 0.1) is 0 Å². The minimum absolute atomic E-state index is 0. The maximum atomic E-state index is 11.1. The Morgan fingerprint density at radius 1 is 1.71 bits per heavy atom. The van der Waals surface area contributed by atoms with E-state index < -0.39 is 12.8 Å². The summed E-state index contributed by atoms with van der Waals surface area (Å²) in [7, 11) is 0. The van der Waals surface area contributed by atoms with Gasteiger partial charge in [-0.1, -0.05) is 0 Å². The van der Waals surface area contributed by atoms with E-state index in [9.17, 15) is 4.39 Å². The highest BCUT2D eigenvalue weighted by atomic mass is 35.5. The second-order valence-electron chi connectivity index (χ2n) is 1.04. The van der Waals surface area contributed by atoms with Crippen LogP contribution >= 0.6 is 12.4 Å². The average Bonchev–Trinajstić information content (AvgIpc) is 1.65. The zero-order chi connectivity index (χ0) is 4.99. The Hall–Kier alpha value is 0.140. The van der Waals surface area contributed by atoms with E-state index >= 15 is 0 Å². The van der Waals surface area contributed by atoms with Gasteiger partial charge in [0.2, 0.25) is 0 Å². The molecule has 0 bridgehead atoms. The first-order chi connectivity index (χ1) is 2.81. The van der Waals surface area contributed by atoms with Gasteiger partial charge in [0, 0.05) is 6.54 Å². The summed E-state index contributed by atoms with van der Waals surface area (Å²) in [6.07, 6.45) is -0.954. The Bertz CT molecular complexity index is 34.1. The zero-order valence-electron chi connectivity index (χ0n) is 3.80. The Morgan fingerprint density at radius 2 is 2.14 bits per heavy atom. The number of aliphatic hydroxyl groups excluding tert-OH is 1. The number of nitrogens with two attached hydrogens (primary N) is 1. The van der Waals surface area contributed by atoms with Gasteiger partial charge in [-0.15, -0.1) is 12.4 Å². The van der Waals surface area contributed by atoms with Crippen molar-refractivity contribution in [2.45, 2.75) is 6.10 Å². The van der Waals surface area contributed by atoms with Gasteiger partial charge in [0.1, 0.15) is 6.67 Å². The van der Waals surface area contributed by atoms with E-state index in [-0.39, 0.29) is 19.0 Å². The first-order valence-corrected chi connectivity index (χ1v) is 1.75. The summed E-state index contributed by atoms with van der Waals surface area (Å²) in [4.78, 5) is 0. The number of halogens is 2.